The molecule has 0 bridgehead atoms. The maximum Gasteiger partial charge on any atom is 0.188 e. The Hall–Kier alpha value is -0.440. The Bertz CT molecular complexity index is 276. The van der Waals surface area contributed by atoms with Crippen molar-refractivity contribution >= 4 is 23.2 Å². The van der Waals surface area contributed by atoms with Crippen LogP contribution in [0.5, 0.6) is 5.75 Å². The number of halogens is 2. The molecular formula is C9H10Cl2O2. The summed E-state index contributed by atoms with van der Waals surface area (Å²) in [5.41, 5.74) is 0.867. The van der Waals surface area contributed by atoms with Crippen molar-refractivity contribution in [3.05, 3.63) is 28.8 Å². The number of hydrogen-bond donors (Lipinski definition) is 0. The van der Waals surface area contributed by atoms with E-state index in [-0.39, 0.29) is 6.79 Å². The van der Waals surface area contributed by atoms with Crippen LogP contribution in [0.25, 0.3) is 0 Å². The molecule has 2 nitrogen and oxygen atoms in total. The lowest BCUT2D eigenvalue weighted by Crippen LogP contribution is -2.01. The highest BCUT2D eigenvalue weighted by molar-refractivity contribution is 6.32. The van der Waals surface area contributed by atoms with E-state index in [1.165, 1.54) is 0 Å². The highest BCUT2D eigenvalue weighted by Gasteiger charge is 2.06. The molecule has 1 aromatic rings. The van der Waals surface area contributed by atoms with Crippen LogP contribution in [0, 0.1) is 0 Å². The largest absolute Gasteiger partial charge is 0.466 e. The van der Waals surface area contributed by atoms with Gasteiger partial charge in [0.15, 0.2) is 6.79 Å². The summed E-state index contributed by atoms with van der Waals surface area (Å²) < 4.78 is 10.0. The molecule has 13 heavy (non-hydrogen) atoms. The molecule has 1 aromatic carbocycles. The predicted molar refractivity (Wildman–Crippen MR) is 53.5 cm³/mol. The van der Waals surface area contributed by atoms with E-state index >= 15 is 0 Å². The number of benzene rings is 1. The van der Waals surface area contributed by atoms with Gasteiger partial charge < -0.3 is 9.47 Å². The highest BCUT2D eigenvalue weighted by atomic mass is 35.5. The predicted octanol–water partition coefficient (Wildman–Crippen LogP) is 3.06. The molecule has 0 saturated heterocycles. The van der Waals surface area contributed by atoms with E-state index in [1.54, 1.807) is 13.2 Å². The first-order valence-corrected chi connectivity index (χ1v) is 4.66. The molecule has 0 aliphatic rings. The number of hydrogen-bond acceptors (Lipinski definition) is 2. The summed E-state index contributed by atoms with van der Waals surface area (Å²) in [6.45, 7) is 0.174. The monoisotopic (exact) mass is 220 g/mol. The summed E-state index contributed by atoms with van der Waals surface area (Å²) in [4.78, 5) is 0. The van der Waals surface area contributed by atoms with Crippen molar-refractivity contribution in [1.29, 1.82) is 0 Å². The maximum atomic E-state index is 5.90. The van der Waals surface area contributed by atoms with Gasteiger partial charge in [0, 0.05) is 12.7 Å². The Morgan fingerprint density at radius 3 is 2.77 bits per heavy atom. The van der Waals surface area contributed by atoms with E-state index in [0.29, 0.717) is 16.7 Å². The van der Waals surface area contributed by atoms with E-state index in [4.69, 9.17) is 32.7 Å². The third-order valence-corrected chi connectivity index (χ3v) is 2.10. The second-order valence-electron chi connectivity index (χ2n) is 2.41. The van der Waals surface area contributed by atoms with Gasteiger partial charge in [0.25, 0.3) is 0 Å². The Morgan fingerprint density at radius 1 is 1.38 bits per heavy atom. The highest BCUT2D eigenvalue weighted by Crippen LogP contribution is 2.29. The van der Waals surface area contributed by atoms with Crippen molar-refractivity contribution in [2.24, 2.45) is 0 Å². The molecule has 0 heterocycles. The van der Waals surface area contributed by atoms with Crippen molar-refractivity contribution in [1.82, 2.24) is 0 Å². The molecule has 1 rings (SSSR count). The zero-order chi connectivity index (χ0) is 9.68. The van der Waals surface area contributed by atoms with E-state index in [2.05, 4.69) is 0 Å². The Kier molecular flexibility index (Phi) is 4.36. The zero-order valence-electron chi connectivity index (χ0n) is 7.22. The van der Waals surface area contributed by atoms with Crippen molar-refractivity contribution in [3.8, 4) is 5.75 Å². The van der Waals surface area contributed by atoms with Gasteiger partial charge in [0.1, 0.15) is 5.75 Å². The number of methoxy groups -OCH3 is 1. The molecule has 0 spiro atoms. The molecule has 4 heteroatoms. The summed E-state index contributed by atoms with van der Waals surface area (Å²) >= 11 is 11.6. The fourth-order valence-electron chi connectivity index (χ4n) is 0.938. The molecule has 0 N–H and O–H groups in total. The lowest BCUT2D eigenvalue weighted by atomic mass is 10.2. The minimum Gasteiger partial charge on any atom is -0.466 e. The first-order chi connectivity index (χ1) is 6.29. The summed E-state index contributed by atoms with van der Waals surface area (Å²) in [5, 5.41) is 0.551. The van der Waals surface area contributed by atoms with Crippen LogP contribution in [0.4, 0.5) is 0 Å². The zero-order valence-corrected chi connectivity index (χ0v) is 8.73. The molecule has 72 valence electrons. The normalized spacial score (nSPS) is 10.1. The molecule has 0 fully saturated rings. The lowest BCUT2D eigenvalue weighted by molar-refractivity contribution is 0.0506. The quantitative estimate of drug-likeness (QED) is 0.574. The molecule has 0 unspecified atom stereocenters. The number of alkyl halides is 1. The number of rotatable bonds is 4. The average molecular weight is 221 g/mol. The minimum absolute atomic E-state index is 0.174. The van der Waals surface area contributed by atoms with E-state index in [9.17, 15) is 0 Å². The van der Waals surface area contributed by atoms with Crippen molar-refractivity contribution in [2.75, 3.05) is 13.9 Å². The van der Waals surface area contributed by atoms with Gasteiger partial charge in [0.2, 0.25) is 0 Å². The third kappa shape index (κ3) is 2.76. The van der Waals surface area contributed by atoms with Gasteiger partial charge in [-0.05, 0) is 6.07 Å². The van der Waals surface area contributed by atoms with Crippen LogP contribution in [0.1, 0.15) is 5.56 Å². The fourth-order valence-corrected chi connectivity index (χ4v) is 1.40. The standard InChI is InChI=1S/C9H10Cl2O2/c1-12-6-13-9-7(5-10)3-2-4-8(9)11/h2-4H,5-6H2,1H3. The van der Waals surface area contributed by atoms with Crippen LogP contribution in [0.3, 0.4) is 0 Å². The third-order valence-electron chi connectivity index (χ3n) is 1.51. The topological polar surface area (TPSA) is 18.5 Å². The van der Waals surface area contributed by atoms with Crippen LogP contribution in [0.2, 0.25) is 5.02 Å². The summed E-state index contributed by atoms with van der Waals surface area (Å²) in [5.74, 6) is 0.973. The first-order valence-electron chi connectivity index (χ1n) is 3.74. The van der Waals surface area contributed by atoms with Crippen molar-refractivity contribution in [2.45, 2.75) is 5.88 Å². The van der Waals surface area contributed by atoms with Gasteiger partial charge in [-0.3, -0.25) is 0 Å². The number of ether oxygens (including phenoxy) is 2. The van der Waals surface area contributed by atoms with Gasteiger partial charge in [-0.1, -0.05) is 23.7 Å². The Morgan fingerprint density at radius 2 is 2.15 bits per heavy atom. The molecule has 0 aliphatic heterocycles. The second-order valence-corrected chi connectivity index (χ2v) is 3.09. The lowest BCUT2D eigenvalue weighted by Gasteiger charge is -2.10. The minimum atomic E-state index is 0.174. The molecule has 0 aliphatic carbocycles. The molecule has 0 amide bonds. The van der Waals surface area contributed by atoms with E-state index in [1.807, 2.05) is 12.1 Å². The van der Waals surface area contributed by atoms with E-state index < -0.39 is 0 Å². The van der Waals surface area contributed by atoms with Crippen LogP contribution in [0.15, 0.2) is 18.2 Å². The van der Waals surface area contributed by atoms with Gasteiger partial charge >= 0.3 is 0 Å². The van der Waals surface area contributed by atoms with Crippen LogP contribution in [-0.4, -0.2) is 13.9 Å². The van der Waals surface area contributed by atoms with Crippen molar-refractivity contribution in [3.63, 3.8) is 0 Å². The van der Waals surface area contributed by atoms with Gasteiger partial charge in [-0.25, -0.2) is 0 Å². The Balaban J connectivity index is 2.87. The fraction of sp³-hybridized carbons (Fsp3) is 0.333. The second kappa shape index (κ2) is 5.32. The van der Waals surface area contributed by atoms with E-state index in [0.717, 1.165) is 5.56 Å². The summed E-state index contributed by atoms with van der Waals surface area (Å²) in [6.07, 6.45) is 0. The summed E-state index contributed by atoms with van der Waals surface area (Å²) in [6, 6.07) is 5.45. The van der Waals surface area contributed by atoms with Crippen molar-refractivity contribution < 1.29 is 9.47 Å². The molecule has 0 aromatic heterocycles. The first kappa shape index (κ1) is 10.6. The molecule has 0 radical (unpaired) electrons. The van der Waals surface area contributed by atoms with Crippen LogP contribution < -0.4 is 4.74 Å². The number of para-hydroxylation sites is 1. The van der Waals surface area contributed by atoms with Crippen LogP contribution >= 0.6 is 23.2 Å². The molecule has 0 atom stereocenters. The average Bonchev–Trinajstić information content (AvgIpc) is 2.15. The molecular weight excluding hydrogens is 211 g/mol. The smallest absolute Gasteiger partial charge is 0.188 e. The summed E-state index contributed by atoms with van der Waals surface area (Å²) in [7, 11) is 1.55. The Labute approximate surface area is 87.4 Å². The van der Waals surface area contributed by atoms with Gasteiger partial charge in [-0.2, -0.15) is 0 Å². The van der Waals surface area contributed by atoms with Gasteiger partial charge in [0.05, 0.1) is 10.9 Å². The SMILES string of the molecule is COCOc1c(Cl)cccc1CCl. The molecule has 0 saturated carbocycles. The van der Waals surface area contributed by atoms with Gasteiger partial charge in [-0.15, -0.1) is 11.6 Å². The van der Waals surface area contributed by atoms with Crippen LogP contribution in [-0.2, 0) is 10.6 Å². The maximum absolute atomic E-state index is 5.90.